The number of hydrogen-bond acceptors (Lipinski definition) is 6. The average molecular weight is 510 g/mol. The first-order chi connectivity index (χ1) is 13.4. The number of carbonyl (C=O) groups is 1. The molecule has 0 bridgehead atoms. The van der Waals surface area contributed by atoms with Gasteiger partial charge in [0.05, 0.1) is 30.3 Å². The molecule has 2 aromatic carbocycles. The first kappa shape index (κ1) is 20.7. The summed E-state index contributed by atoms with van der Waals surface area (Å²) in [5.41, 5.74) is 1.05. The summed E-state index contributed by atoms with van der Waals surface area (Å²) < 4.78 is 12.8. The van der Waals surface area contributed by atoms with Crippen molar-refractivity contribution >= 4 is 51.2 Å². The van der Waals surface area contributed by atoms with E-state index in [9.17, 15) is 9.59 Å². The summed E-state index contributed by atoms with van der Waals surface area (Å²) in [5, 5.41) is 0.456. The lowest BCUT2D eigenvalue weighted by Crippen LogP contribution is -2.24. The zero-order chi connectivity index (χ0) is 20.3. The third-order valence-corrected chi connectivity index (χ3v) is 5.73. The zero-order valence-corrected chi connectivity index (χ0v) is 18.6. The molecular formula is C20H19IN2O4S. The SMILES string of the molecule is CCOC(=O)C(C)Sc1nc2ccc(I)cc2c(=O)n1-c1ccc(OC)cc1. The molecule has 0 fully saturated rings. The fourth-order valence-corrected chi connectivity index (χ4v) is 4.06. The highest BCUT2D eigenvalue weighted by Gasteiger charge is 2.21. The topological polar surface area (TPSA) is 70.4 Å². The van der Waals surface area contributed by atoms with Gasteiger partial charge < -0.3 is 9.47 Å². The Hall–Kier alpha value is -2.07. The van der Waals surface area contributed by atoms with Crippen LogP contribution in [0.25, 0.3) is 16.6 Å². The van der Waals surface area contributed by atoms with Gasteiger partial charge in [0.25, 0.3) is 5.56 Å². The van der Waals surface area contributed by atoms with Gasteiger partial charge in [-0.05, 0) is 78.9 Å². The van der Waals surface area contributed by atoms with Crippen LogP contribution in [0.5, 0.6) is 5.75 Å². The Morgan fingerprint density at radius 3 is 2.61 bits per heavy atom. The number of nitrogens with zero attached hydrogens (tertiary/aromatic N) is 2. The summed E-state index contributed by atoms with van der Waals surface area (Å²) in [5.74, 6) is 0.347. The van der Waals surface area contributed by atoms with Crippen molar-refractivity contribution in [2.75, 3.05) is 13.7 Å². The minimum atomic E-state index is -0.502. The highest BCUT2D eigenvalue weighted by Crippen LogP contribution is 2.27. The van der Waals surface area contributed by atoms with Crippen molar-refractivity contribution in [3.63, 3.8) is 0 Å². The van der Waals surface area contributed by atoms with Gasteiger partial charge in [-0.2, -0.15) is 0 Å². The number of esters is 1. The van der Waals surface area contributed by atoms with E-state index in [-0.39, 0.29) is 11.5 Å². The number of fused-ring (bicyclic) bond motifs is 1. The Bertz CT molecular complexity index is 1070. The molecule has 1 unspecified atom stereocenters. The highest BCUT2D eigenvalue weighted by molar-refractivity contribution is 14.1. The summed E-state index contributed by atoms with van der Waals surface area (Å²) in [6, 6.07) is 12.7. The Kier molecular flexibility index (Phi) is 6.61. The maximum absolute atomic E-state index is 13.3. The number of carbonyl (C=O) groups excluding carboxylic acids is 1. The molecule has 0 aliphatic carbocycles. The summed E-state index contributed by atoms with van der Waals surface area (Å²) >= 11 is 3.37. The maximum Gasteiger partial charge on any atom is 0.319 e. The van der Waals surface area contributed by atoms with Crippen LogP contribution in [-0.2, 0) is 9.53 Å². The second kappa shape index (κ2) is 8.95. The minimum absolute atomic E-state index is 0.188. The standard InChI is InChI=1S/C20H19IN2O4S/c1-4-27-19(25)12(2)28-20-22-17-10-5-13(21)11-16(17)18(24)23(20)14-6-8-15(26-3)9-7-14/h5-12H,4H2,1-3H3. The smallest absolute Gasteiger partial charge is 0.319 e. The molecule has 0 amide bonds. The van der Waals surface area contributed by atoms with Crippen molar-refractivity contribution in [3.05, 3.63) is 56.4 Å². The summed E-state index contributed by atoms with van der Waals surface area (Å²) in [6.07, 6.45) is 0. The van der Waals surface area contributed by atoms with Gasteiger partial charge in [0.1, 0.15) is 11.0 Å². The summed E-state index contributed by atoms with van der Waals surface area (Å²) in [4.78, 5) is 30.1. The van der Waals surface area contributed by atoms with Gasteiger partial charge >= 0.3 is 5.97 Å². The highest BCUT2D eigenvalue weighted by atomic mass is 127. The van der Waals surface area contributed by atoms with Crippen LogP contribution in [0.4, 0.5) is 0 Å². The van der Waals surface area contributed by atoms with E-state index in [4.69, 9.17) is 9.47 Å². The fraction of sp³-hybridized carbons (Fsp3) is 0.250. The van der Waals surface area contributed by atoms with E-state index in [2.05, 4.69) is 27.6 Å². The lowest BCUT2D eigenvalue weighted by Gasteiger charge is -2.16. The van der Waals surface area contributed by atoms with Gasteiger partial charge in [-0.3, -0.25) is 14.2 Å². The van der Waals surface area contributed by atoms with E-state index in [0.29, 0.717) is 34.1 Å². The molecule has 146 valence electrons. The number of hydrogen-bond donors (Lipinski definition) is 0. The van der Waals surface area contributed by atoms with Crippen LogP contribution in [-0.4, -0.2) is 34.5 Å². The molecule has 6 nitrogen and oxygen atoms in total. The van der Waals surface area contributed by atoms with Crippen LogP contribution in [0, 0.1) is 3.57 Å². The second-order valence-corrected chi connectivity index (χ2v) is 8.46. The van der Waals surface area contributed by atoms with Gasteiger partial charge in [-0.15, -0.1) is 0 Å². The lowest BCUT2D eigenvalue weighted by molar-refractivity contribution is -0.142. The van der Waals surface area contributed by atoms with Gasteiger partial charge in [0, 0.05) is 3.57 Å². The van der Waals surface area contributed by atoms with E-state index < -0.39 is 5.25 Å². The van der Waals surface area contributed by atoms with Crippen LogP contribution in [0.15, 0.2) is 52.4 Å². The lowest BCUT2D eigenvalue weighted by atomic mass is 10.2. The first-order valence-electron chi connectivity index (χ1n) is 8.64. The van der Waals surface area contributed by atoms with Crippen LogP contribution < -0.4 is 10.3 Å². The van der Waals surface area contributed by atoms with Gasteiger partial charge in [-0.25, -0.2) is 4.98 Å². The Balaban J connectivity index is 2.18. The van der Waals surface area contributed by atoms with E-state index in [0.717, 1.165) is 3.57 Å². The van der Waals surface area contributed by atoms with E-state index in [1.807, 2.05) is 18.2 Å². The molecule has 8 heteroatoms. The minimum Gasteiger partial charge on any atom is -0.497 e. The molecule has 1 aromatic heterocycles. The Morgan fingerprint density at radius 1 is 1.25 bits per heavy atom. The molecule has 3 aromatic rings. The molecule has 0 spiro atoms. The largest absolute Gasteiger partial charge is 0.497 e. The molecule has 0 radical (unpaired) electrons. The monoisotopic (exact) mass is 510 g/mol. The third kappa shape index (κ3) is 4.33. The van der Waals surface area contributed by atoms with Crippen molar-refractivity contribution in [2.45, 2.75) is 24.3 Å². The molecule has 1 atom stereocenters. The molecule has 0 aliphatic rings. The van der Waals surface area contributed by atoms with Crippen LogP contribution in [0.1, 0.15) is 13.8 Å². The van der Waals surface area contributed by atoms with Gasteiger partial charge in [-0.1, -0.05) is 11.8 Å². The predicted octanol–water partition coefficient (Wildman–Crippen LogP) is 4.04. The Labute approximate surface area is 180 Å². The molecule has 3 rings (SSSR count). The van der Waals surface area contributed by atoms with Gasteiger partial charge in [0.15, 0.2) is 5.16 Å². The number of ether oxygens (including phenoxy) is 2. The second-order valence-electron chi connectivity index (χ2n) is 5.91. The third-order valence-electron chi connectivity index (χ3n) is 4.03. The van der Waals surface area contributed by atoms with Crippen molar-refractivity contribution in [1.29, 1.82) is 0 Å². The van der Waals surface area contributed by atoms with E-state index in [1.165, 1.54) is 16.3 Å². The van der Waals surface area contributed by atoms with E-state index in [1.54, 1.807) is 45.2 Å². The van der Waals surface area contributed by atoms with Crippen molar-refractivity contribution in [2.24, 2.45) is 0 Å². The van der Waals surface area contributed by atoms with Crippen molar-refractivity contribution < 1.29 is 14.3 Å². The number of methoxy groups -OCH3 is 1. The molecular weight excluding hydrogens is 491 g/mol. The normalized spacial score (nSPS) is 12.0. The quantitative estimate of drug-likeness (QED) is 0.216. The maximum atomic E-state index is 13.3. The molecule has 0 N–H and O–H groups in total. The van der Waals surface area contributed by atoms with Crippen LogP contribution in [0.2, 0.25) is 0 Å². The summed E-state index contributed by atoms with van der Waals surface area (Å²) in [7, 11) is 1.59. The molecule has 28 heavy (non-hydrogen) atoms. The number of benzene rings is 2. The molecule has 1 heterocycles. The van der Waals surface area contributed by atoms with E-state index >= 15 is 0 Å². The van der Waals surface area contributed by atoms with Crippen molar-refractivity contribution in [1.82, 2.24) is 9.55 Å². The zero-order valence-electron chi connectivity index (χ0n) is 15.6. The fourth-order valence-electron chi connectivity index (χ4n) is 2.64. The molecule has 0 aliphatic heterocycles. The Morgan fingerprint density at radius 2 is 1.96 bits per heavy atom. The van der Waals surface area contributed by atoms with Gasteiger partial charge in [0.2, 0.25) is 0 Å². The van der Waals surface area contributed by atoms with Crippen LogP contribution in [0.3, 0.4) is 0 Å². The number of thioether (sulfide) groups is 1. The first-order valence-corrected chi connectivity index (χ1v) is 10.6. The number of halogens is 1. The molecule has 0 saturated carbocycles. The molecule has 0 saturated heterocycles. The average Bonchev–Trinajstić information content (AvgIpc) is 2.69. The number of rotatable bonds is 6. The summed E-state index contributed by atoms with van der Waals surface area (Å²) in [6.45, 7) is 3.81. The van der Waals surface area contributed by atoms with Crippen LogP contribution >= 0.6 is 34.4 Å². The van der Waals surface area contributed by atoms with Crippen molar-refractivity contribution in [3.8, 4) is 11.4 Å². The number of aromatic nitrogens is 2. The predicted molar refractivity (Wildman–Crippen MR) is 119 cm³/mol.